The van der Waals surface area contributed by atoms with Crippen LogP contribution in [0.5, 0.6) is 0 Å². The Morgan fingerprint density at radius 3 is 2.10 bits per heavy atom. The van der Waals surface area contributed by atoms with Crippen molar-refractivity contribution in [2.45, 2.75) is 24.9 Å². The number of likely N-dealkylation sites (N-methyl/N-ethyl adjacent to an activating group) is 1. The van der Waals surface area contributed by atoms with Crippen LogP contribution in [0.2, 0.25) is 0 Å². The molecule has 1 aliphatic heterocycles. The molecule has 1 aliphatic rings. The smallest absolute Gasteiger partial charge is 0.0507 e. The van der Waals surface area contributed by atoms with Crippen LogP contribution in [-0.2, 0) is 6.42 Å². The molecule has 0 saturated carbocycles. The molecule has 2 aromatic carbocycles. The average Bonchev–Trinajstić information content (AvgIpc) is 2.78. The van der Waals surface area contributed by atoms with Gasteiger partial charge in [0.05, 0.1) is 6.04 Å². The predicted octanol–water partition coefficient (Wildman–Crippen LogP) is 3.52. The van der Waals surface area contributed by atoms with E-state index in [-0.39, 0.29) is 0 Å². The summed E-state index contributed by atoms with van der Waals surface area (Å²) < 4.78 is 0. The highest BCUT2D eigenvalue weighted by Crippen LogP contribution is 2.35. The van der Waals surface area contributed by atoms with E-state index >= 15 is 0 Å². The summed E-state index contributed by atoms with van der Waals surface area (Å²) in [6, 6.07) is 22.7. The molecule has 1 saturated heterocycles. The molecule has 3 rings (SSSR count). The number of hydrazine groups is 1. The highest BCUT2D eigenvalue weighted by atomic mass is 15.6. The molecule has 0 aromatic heterocycles. The van der Waals surface area contributed by atoms with E-state index in [1.54, 1.807) is 0 Å². The number of hydrogen-bond acceptors (Lipinski definition) is 2. The van der Waals surface area contributed by atoms with Crippen molar-refractivity contribution in [3.05, 3.63) is 71.8 Å². The van der Waals surface area contributed by atoms with Crippen molar-refractivity contribution in [2.75, 3.05) is 14.1 Å². The summed E-state index contributed by atoms with van der Waals surface area (Å²) in [5.41, 5.74) is 2.84. The Morgan fingerprint density at radius 2 is 1.45 bits per heavy atom. The number of rotatable bonds is 3. The van der Waals surface area contributed by atoms with Crippen LogP contribution in [0.25, 0.3) is 0 Å². The maximum absolute atomic E-state index is 2.39. The third kappa shape index (κ3) is 2.62. The molecule has 0 spiro atoms. The Morgan fingerprint density at radius 1 is 0.850 bits per heavy atom. The van der Waals surface area contributed by atoms with Gasteiger partial charge in [0.2, 0.25) is 0 Å². The van der Waals surface area contributed by atoms with Crippen molar-refractivity contribution in [3.63, 3.8) is 0 Å². The lowest BCUT2D eigenvalue weighted by atomic mass is 9.97. The summed E-state index contributed by atoms with van der Waals surface area (Å²) >= 11 is 0. The third-order valence-electron chi connectivity index (χ3n) is 4.47. The Kier molecular flexibility index (Phi) is 3.86. The van der Waals surface area contributed by atoms with Gasteiger partial charge < -0.3 is 0 Å². The van der Waals surface area contributed by atoms with Gasteiger partial charge in [0, 0.05) is 20.1 Å². The Bertz CT molecular complexity index is 538. The van der Waals surface area contributed by atoms with E-state index in [0.717, 1.165) is 6.42 Å². The summed E-state index contributed by atoms with van der Waals surface area (Å²) in [5.74, 6) is 0. The standard InChI is InChI=1S/C18H22N2/c1-19-17(13-15-9-5-3-6-10-15)14-18(20(19)2)16-11-7-4-8-12-16/h3-12,17-18H,13-14H2,1-2H3. The SMILES string of the molecule is CN1C(Cc2ccccc2)CC(c2ccccc2)N1C. The van der Waals surface area contributed by atoms with Gasteiger partial charge in [-0.15, -0.1) is 0 Å². The van der Waals surface area contributed by atoms with E-state index in [1.165, 1.54) is 17.5 Å². The largest absolute Gasteiger partial charge is 0.241 e. The molecule has 0 radical (unpaired) electrons. The molecule has 104 valence electrons. The summed E-state index contributed by atoms with van der Waals surface area (Å²) in [6.45, 7) is 0. The van der Waals surface area contributed by atoms with Gasteiger partial charge in [0.25, 0.3) is 0 Å². The first kappa shape index (κ1) is 13.3. The maximum Gasteiger partial charge on any atom is 0.0507 e. The monoisotopic (exact) mass is 266 g/mol. The third-order valence-corrected chi connectivity index (χ3v) is 4.47. The highest BCUT2D eigenvalue weighted by molar-refractivity contribution is 5.21. The van der Waals surface area contributed by atoms with Crippen molar-refractivity contribution in [2.24, 2.45) is 0 Å². The number of benzene rings is 2. The van der Waals surface area contributed by atoms with E-state index in [4.69, 9.17) is 0 Å². The molecule has 0 amide bonds. The minimum atomic E-state index is 0.495. The van der Waals surface area contributed by atoms with E-state index in [2.05, 4.69) is 84.8 Å². The lowest BCUT2D eigenvalue weighted by Crippen LogP contribution is -2.36. The van der Waals surface area contributed by atoms with Gasteiger partial charge >= 0.3 is 0 Å². The van der Waals surface area contributed by atoms with Crippen molar-refractivity contribution in [1.82, 2.24) is 10.0 Å². The molecule has 2 unspecified atom stereocenters. The Balaban J connectivity index is 1.75. The summed E-state index contributed by atoms with van der Waals surface area (Å²) in [7, 11) is 4.40. The average molecular weight is 266 g/mol. The van der Waals surface area contributed by atoms with Crippen LogP contribution >= 0.6 is 0 Å². The summed E-state index contributed by atoms with van der Waals surface area (Å²) in [4.78, 5) is 0. The molecule has 2 heteroatoms. The van der Waals surface area contributed by atoms with Gasteiger partial charge in [0.15, 0.2) is 0 Å². The van der Waals surface area contributed by atoms with Crippen LogP contribution in [0.1, 0.15) is 23.6 Å². The number of hydrogen-bond donors (Lipinski definition) is 0. The Labute approximate surface area is 121 Å². The molecule has 20 heavy (non-hydrogen) atoms. The van der Waals surface area contributed by atoms with E-state index in [9.17, 15) is 0 Å². The van der Waals surface area contributed by atoms with Gasteiger partial charge in [-0.3, -0.25) is 0 Å². The van der Waals surface area contributed by atoms with Crippen LogP contribution < -0.4 is 0 Å². The first-order chi connectivity index (χ1) is 9.75. The second kappa shape index (κ2) is 5.78. The molecular weight excluding hydrogens is 244 g/mol. The van der Waals surface area contributed by atoms with Crippen molar-refractivity contribution in [3.8, 4) is 0 Å². The second-order valence-electron chi connectivity index (χ2n) is 5.65. The van der Waals surface area contributed by atoms with Crippen LogP contribution in [-0.4, -0.2) is 30.2 Å². The second-order valence-corrected chi connectivity index (χ2v) is 5.65. The van der Waals surface area contributed by atoms with Gasteiger partial charge in [-0.25, -0.2) is 10.0 Å². The molecule has 1 fully saturated rings. The highest BCUT2D eigenvalue weighted by Gasteiger charge is 2.35. The fraction of sp³-hybridized carbons (Fsp3) is 0.333. The molecule has 0 aliphatic carbocycles. The van der Waals surface area contributed by atoms with Gasteiger partial charge in [0.1, 0.15) is 0 Å². The molecular formula is C18H22N2. The lowest BCUT2D eigenvalue weighted by molar-refractivity contribution is 0.0259. The van der Waals surface area contributed by atoms with Crippen molar-refractivity contribution < 1.29 is 0 Å². The van der Waals surface area contributed by atoms with Crippen molar-refractivity contribution >= 4 is 0 Å². The number of nitrogens with zero attached hydrogens (tertiary/aromatic N) is 2. The van der Waals surface area contributed by atoms with Crippen LogP contribution in [0.4, 0.5) is 0 Å². The van der Waals surface area contributed by atoms with Gasteiger partial charge in [-0.05, 0) is 24.0 Å². The van der Waals surface area contributed by atoms with E-state index in [1.807, 2.05) is 0 Å². The molecule has 2 nitrogen and oxygen atoms in total. The van der Waals surface area contributed by atoms with E-state index in [0.29, 0.717) is 12.1 Å². The first-order valence-corrected chi connectivity index (χ1v) is 7.30. The quantitative estimate of drug-likeness (QED) is 0.838. The van der Waals surface area contributed by atoms with E-state index < -0.39 is 0 Å². The minimum Gasteiger partial charge on any atom is -0.241 e. The van der Waals surface area contributed by atoms with Crippen LogP contribution in [0, 0.1) is 0 Å². The van der Waals surface area contributed by atoms with Crippen LogP contribution in [0.15, 0.2) is 60.7 Å². The summed E-state index contributed by atoms with van der Waals surface area (Å²) in [6.07, 6.45) is 2.30. The zero-order valence-corrected chi connectivity index (χ0v) is 12.2. The molecule has 0 bridgehead atoms. The first-order valence-electron chi connectivity index (χ1n) is 7.30. The molecule has 2 aromatic rings. The predicted molar refractivity (Wildman–Crippen MR) is 83.3 cm³/mol. The topological polar surface area (TPSA) is 6.48 Å². The Hall–Kier alpha value is -1.64. The zero-order valence-electron chi connectivity index (χ0n) is 12.2. The van der Waals surface area contributed by atoms with Crippen LogP contribution in [0.3, 0.4) is 0 Å². The molecule has 1 heterocycles. The fourth-order valence-electron chi connectivity index (χ4n) is 3.17. The summed E-state index contributed by atoms with van der Waals surface area (Å²) in [5, 5.41) is 4.77. The molecule has 0 N–H and O–H groups in total. The minimum absolute atomic E-state index is 0.495. The fourth-order valence-corrected chi connectivity index (χ4v) is 3.17. The molecule has 2 atom stereocenters. The lowest BCUT2D eigenvalue weighted by Gasteiger charge is -2.28. The van der Waals surface area contributed by atoms with Gasteiger partial charge in [-0.2, -0.15) is 0 Å². The normalized spacial score (nSPS) is 24.1. The van der Waals surface area contributed by atoms with Gasteiger partial charge in [-0.1, -0.05) is 60.7 Å². The zero-order chi connectivity index (χ0) is 13.9. The van der Waals surface area contributed by atoms with Crippen molar-refractivity contribution in [1.29, 1.82) is 0 Å². The maximum atomic E-state index is 2.39.